The smallest absolute Gasteiger partial charge is 0.122 e. The van der Waals surface area contributed by atoms with E-state index in [4.69, 9.17) is 15.2 Å². The van der Waals surface area contributed by atoms with Crippen LogP contribution >= 0.6 is 0 Å². The second-order valence-electron chi connectivity index (χ2n) is 5.55. The Labute approximate surface area is 125 Å². The molecular formula is C18H21NO2. The first-order chi connectivity index (χ1) is 10.2. The average molecular weight is 283 g/mol. The van der Waals surface area contributed by atoms with Gasteiger partial charge >= 0.3 is 0 Å². The van der Waals surface area contributed by atoms with Gasteiger partial charge in [-0.2, -0.15) is 0 Å². The van der Waals surface area contributed by atoms with Crippen molar-refractivity contribution in [2.45, 2.75) is 31.9 Å². The van der Waals surface area contributed by atoms with Gasteiger partial charge in [0, 0.05) is 0 Å². The molecule has 2 unspecified atom stereocenters. The molecule has 3 nitrogen and oxygen atoms in total. The van der Waals surface area contributed by atoms with Crippen LogP contribution in [0.2, 0.25) is 0 Å². The lowest BCUT2D eigenvalue weighted by Gasteiger charge is -2.32. The van der Waals surface area contributed by atoms with Gasteiger partial charge in [0.1, 0.15) is 17.6 Å². The average Bonchev–Trinajstić information content (AvgIpc) is 2.51. The summed E-state index contributed by atoms with van der Waals surface area (Å²) in [5.41, 5.74) is 10.00. The van der Waals surface area contributed by atoms with Crippen LogP contribution in [0.1, 0.15) is 29.2 Å². The standard InChI is InChI=1S/C18H21NO2/c1-12-5-3-4-6-16(12)21-17-10-7-13-11-14(20-2)8-9-15(13)18(17)19/h3-6,8-9,11,17-18H,7,10,19H2,1-2H3. The lowest BCUT2D eigenvalue weighted by Crippen LogP contribution is -2.36. The maximum absolute atomic E-state index is 6.41. The summed E-state index contributed by atoms with van der Waals surface area (Å²) in [6.45, 7) is 2.06. The molecule has 1 aliphatic carbocycles. The van der Waals surface area contributed by atoms with Crippen LogP contribution in [0, 0.1) is 6.92 Å². The second-order valence-corrected chi connectivity index (χ2v) is 5.55. The van der Waals surface area contributed by atoms with Crippen molar-refractivity contribution in [3.8, 4) is 11.5 Å². The molecule has 0 bridgehead atoms. The summed E-state index contributed by atoms with van der Waals surface area (Å²) in [6, 6.07) is 14.1. The lowest BCUT2D eigenvalue weighted by molar-refractivity contribution is 0.152. The van der Waals surface area contributed by atoms with E-state index in [2.05, 4.69) is 25.1 Å². The van der Waals surface area contributed by atoms with Gasteiger partial charge in [-0.3, -0.25) is 0 Å². The van der Waals surface area contributed by atoms with Crippen molar-refractivity contribution in [3.63, 3.8) is 0 Å². The number of hydrogen-bond donors (Lipinski definition) is 1. The number of methoxy groups -OCH3 is 1. The van der Waals surface area contributed by atoms with Gasteiger partial charge in [-0.15, -0.1) is 0 Å². The highest BCUT2D eigenvalue weighted by molar-refractivity contribution is 5.40. The molecule has 2 aromatic carbocycles. The molecule has 0 radical (unpaired) electrons. The van der Waals surface area contributed by atoms with Crippen LogP contribution < -0.4 is 15.2 Å². The minimum absolute atomic E-state index is 0.0204. The Morgan fingerprint density at radius 3 is 2.71 bits per heavy atom. The molecule has 0 aromatic heterocycles. The molecule has 3 heteroatoms. The first kappa shape index (κ1) is 14.0. The number of nitrogens with two attached hydrogens (primary N) is 1. The molecule has 21 heavy (non-hydrogen) atoms. The van der Waals surface area contributed by atoms with Crippen molar-refractivity contribution in [2.24, 2.45) is 5.73 Å². The third kappa shape index (κ3) is 2.74. The van der Waals surface area contributed by atoms with Gasteiger partial charge in [-0.25, -0.2) is 0 Å². The Balaban J connectivity index is 1.82. The van der Waals surface area contributed by atoms with Crippen LogP contribution in [0.4, 0.5) is 0 Å². The Morgan fingerprint density at radius 1 is 1.14 bits per heavy atom. The molecule has 0 aliphatic heterocycles. The fourth-order valence-electron chi connectivity index (χ4n) is 2.91. The minimum atomic E-state index is -0.0979. The number of para-hydroxylation sites is 1. The molecule has 110 valence electrons. The van der Waals surface area contributed by atoms with Gasteiger partial charge in [-0.1, -0.05) is 24.3 Å². The first-order valence-corrected chi connectivity index (χ1v) is 7.33. The van der Waals surface area contributed by atoms with Crippen molar-refractivity contribution in [2.75, 3.05) is 7.11 Å². The third-order valence-electron chi connectivity index (χ3n) is 4.18. The van der Waals surface area contributed by atoms with Crippen molar-refractivity contribution in [3.05, 3.63) is 59.2 Å². The van der Waals surface area contributed by atoms with E-state index in [0.29, 0.717) is 0 Å². The predicted molar refractivity (Wildman–Crippen MR) is 83.8 cm³/mol. The van der Waals surface area contributed by atoms with E-state index < -0.39 is 0 Å². The van der Waals surface area contributed by atoms with Gasteiger partial charge in [-0.05, 0) is 54.7 Å². The van der Waals surface area contributed by atoms with E-state index >= 15 is 0 Å². The fraction of sp³-hybridized carbons (Fsp3) is 0.333. The van der Waals surface area contributed by atoms with Crippen molar-refractivity contribution >= 4 is 0 Å². The summed E-state index contributed by atoms with van der Waals surface area (Å²) in [7, 11) is 1.69. The van der Waals surface area contributed by atoms with Crippen LogP contribution in [0.25, 0.3) is 0 Å². The zero-order chi connectivity index (χ0) is 14.8. The second kappa shape index (κ2) is 5.78. The first-order valence-electron chi connectivity index (χ1n) is 7.33. The van der Waals surface area contributed by atoms with Gasteiger partial charge in [0.05, 0.1) is 13.2 Å². The van der Waals surface area contributed by atoms with Gasteiger partial charge < -0.3 is 15.2 Å². The quantitative estimate of drug-likeness (QED) is 0.939. The summed E-state index contributed by atoms with van der Waals surface area (Å²) < 4.78 is 11.4. The molecule has 0 spiro atoms. The normalized spacial score (nSPS) is 20.7. The van der Waals surface area contributed by atoms with E-state index in [0.717, 1.165) is 29.9 Å². The molecule has 0 saturated heterocycles. The molecular weight excluding hydrogens is 262 g/mol. The Hall–Kier alpha value is -2.00. The largest absolute Gasteiger partial charge is 0.497 e. The number of hydrogen-bond acceptors (Lipinski definition) is 3. The summed E-state index contributed by atoms with van der Waals surface area (Å²) >= 11 is 0. The van der Waals surface area contributed by atoms with Crippen LogP contribution in [-0.2, 0) is 6.42 Å². The summed E-state index contributed by atoms with van der Waals surface area (Å²) in [4.78, 5) is 0. The SMILES string of the molecule is COc1ccc2c(c1)CCC(Oc1ccccc1C)C2N. The van der Waals surface area contributed by atoms with Crippen molar-refractivity contribution in [1.82, 2.24) is 0 Å². The summed E-state index contributed by atoms with van der Waals surface area (Å²) in [6.07, 6.45) is 1.92. The van der Waals surface area contributed by atoms with Crippen molar-refractivity contribution < 1.29 is 9.47 Å². The fourth-order valence-corrected chi connectivity index (χ4v) is 2.91. The Morgan fingerprint density at radius 2 is 1.95 bits per heavy atom. The zero-order valence-corrected chi connectivity index (χ0v) is 12.5. The number of aryl methyl sites for hydroxylation is 2. The van der Waals surface area contributed by atoms with E-state index in [1.807, 2.05) is 24.3 Å². The lowest BCUT2D eigenvalue weighted by atomic mass is 9.86. The topological polar surface area (TPSA) is 44.5 Å². The summed E-state index contributed by atoms with van der Waals surface area (Å²) in [5, 5.41) is 0. The van der Waals surface area contributed by atoms with Crippen molar-refractivity contribution in [1.29, 1.82) is 0 Å². The van der Waals surface area contributed by atoms with E-state index in [1.54, 1.807) is 7.11 Å². The highest BCUT2D eigenvalue weighted by atomic mass is 16.5. The number of ether oxygens (including phenoxy) is 2. The highest BCUT2D eigenvalue weighted by Gasteiger charge is 2.28. The van der Waals surface area contributed by atoms with Crippen LogP contribution in [0.5, 0.6) is 11.5 Å². The highest BCUT2D eigenvalue weighted by Crippen LogP contribution is 2.33. The third-order valence-corrected chi connectivity index (χ3v) is 4.18. The van der Waals surface area contributed by atoms with E-state index in [1.165, 1.54) is 11.1 Å². The molecule has 0 fully saturated rings. The minimum Gasteiger partial charge on any atom is -0.497 e. The van der Waals surface area contributed by atoms with Gasteiger partial charge in [0.25, 0.3) is 0 Å². The molecule has 2 atom stereocenters. The maximum Gasteiger partial charge on any atom is 0.122 e. The molecule has 2 N–H and O–H groups in total. The molecule has 1 aliphatic rings. The Bertz CT molecular complexity index is 639. The predicted octanol–water partition coefficient (Wildman–Crippen LogP) is 3.40. The van der Waals surface area contributed by atoms with Gasteiger partial charge in [0.15, 0.2) is 0 Å². The monoisotopic (exact) mass is 283 g/mol. The van der Waals surface area contributed by atoms with Gasteiger partial charge in [0.2, 0.25) is 0 Å². The van der Waals surface area contributed by atoms with Crippen LogP contribution in [0.15, 0.2) is 42.5 Å². The molecule has 0 amide bonds. The number of benzene rings is 2. The zero-order valence-electron chi connectivity index (χ0n) is 12.5. The Kier molecular flexibility index (Phi) is 3.84. The molecule has 0 heterocycles. The number of rotatable bonds is 3. The molecule has 2 aromatic rings. The van der Waals surface area contributed by atoms with Crippen LogP contribution in [-0.4, -0.2) is 13.2 Å². The molecule has 0 saturated carbocycles. The number of fused-ring (bicyclic) bond motifs is 1. The molecule has 3 rings (SSSR count). The van der Waals surface area contributed by atoms with E-state index in [-0.39, 0.29) is 12.1 Å². The van der Waals surface area contributed by atoms with E-state index in [9.17, 15) is 0 Å². The summed E-state index contributed by atoms with van der Waals surface area (Å²) in [5.74, 6) is 1.81. The van der Waals surface area contributed by atoms with Crippen LogP contribution in [0.3, 0.4) is 0 Å². The maximum atomic E-state index is 6.41.